The van der Waals surface area contributed by atoms with Gasteiger partial charge in [0, 0.05) is 23.7 Å². The molecule has 0 radical (unpaired) electrons. The normalized spacial score (nSPS) is 10.7. The molecule has 0 unspecified atom stereocenters. The van der Waals surface area contributed by atoms with Gasteiger partial charge in [0.2, 0.25) is 0 Å². The van der Waals surface area contributed by atoms with Crippen molar-refractivity contribution in [1.29, 1.82) is 0 Å². The summed E-state index contributed by atoms with van der Waals surface area (Å²) in [6.07, 6.45) is 3.12. The highest BCUT2D eigenvalue weighted by atomic mass is 16.1. The average molecular weight is 307 g/mol. The topological polar surface area (TPSA) is 79.8 Å². The van der Waals surface area contributed by atoms with Gasteiger partial charge < -0.3 is 10.6 Å². The number of amides is 1. The summed E-state index contributed by atoms with van der Waals surface area (Å²) < 4.78 is 0. The number of para-hydroxylation sites is 1. The standard InChI is InChI=1S/C17H17N5O/c1-11(2)21-17(23)14-9-15(20-10-19-14)22-13-7-3-5-12-6-4-8-18-16(12)13/h3-11H,1-2H3,(H,21,23)(H,19,20,22). The molecule has 3 aromatic rings. The van der Waals surface area contributed by atoms with Gasteiger partial charge in [-0.15, -0.1) is 0 Å². The number of nitrogens with one attached hydrogen (secondary N) is 2. The number of hydrogen-bond donors (Lipinski definition) is 2. The van der Waals surface area contributed by atoms with Crippen molar-refractivity contribution in [3.8, 4) is 0 Å². The quantitative estimate of drug-likeness (QED) is 0.774. The lowest BCUT2D eigenvalue weighted by atomic mass is 10.2. The van der Waals surface area contributed by atoms with E-state index in [-0.39, 0.29) is 11.9 Å². The molecule has 6 heteroatoms. The Kier molecular flexibility index (Phi) is 4.14. The number of pyridine rings is 1. The summed E-state index contributed by atoms with van der Waals surface area (Å²) in [5.41, 5.74) is 2.00. The maximum absolute atomic E-state index is 12.0. The van der Waals surface area contributed by atoms with Crippen LogP contribution in [-0.4, -0.2) is 26.9 Å². The van der Waals surface area contributed by atoms with E-state index in [2.05, 4.69) is 25.6 Å². The molecule has 0 saturated heterocycles. The highest BCUT2D eigenvalue weighted by Crippen LogP contribution is 2.23. The molecular weight excluding hydrogens is 290 g/mol. The Hall–Kier alpha value is -3.02. The molecule has 0 bridgehead atoms. The maximum atomic E-state index is 12.0. The minimum atomic E-state index is -0.221. The third-order valence-electron chi connectivity index (χ3n) is 3.21. The highest BCUT2D eigenvalue weighted by molar-refractivity contribution is 5.94. The van der Waals surface area contributed by atoms with Crippen LogP contribution in [0.25, 0.3) is 10.9 Å². The average Bonchev–Trinajstić information content (AvgIpc) is 2.55. The summed E-state index contributed by atoms with van der Waals surface area (Å²) in [6, 6.07) is 11.4. The van der Waals surface area contributed by atoms with Crippen LogP contribution in [0.4, 0.5) is 11.5 Å². The number of benzene rings is 1. The predicted molar refractivity (Wildman–Crippen MR) is 89.7 cm³/mol. The number of nitrogens with zero attached hydrogens (tertiary/aromatic N) is 3. The monoisotopic (exact) mass is 307 g/mol. The lowest BCUT2D eigenvalue weighted by Crippen LogP contribution is -2.30. The van der Waals surface area contributed by atoms with Crippen molar-refractivity contribution < 1.29 is 4.79 Å². The number of aromatic nitrogens is 3. The Bertz CT molecular complexity index is 842. The fourth-order valence-corrected chi connectivity index (χ4v) is 2.23. The largest absolute Gasteiger partial charge is 0.349 e. The Morgan fingerprint density at radius 2 is 1.91 bits per heavy atom. The van der Waals surface area contributed by atoms with Gasteiger partial charge in [0.1, 0.15) is 17.8 Å². The molecule has 0 aliphatic rings. The molecule has 116 valence electrons. The van der Waals surface area contributed by atoms with E-state index in [0.29, 0.717) is 11.5 Å². The van der Waals surface area contributed by atoms with Crippen LogP contribution in [0.3, 0.4) is 0 Å². The molecule has 0 aliphatic heterocycles. The van der Waals surface area contributed by atoms with Crippen molar-refractivity contribution in [2.24, 2.45) is 0 Å². The van der Waals surface area contributed by atoms with Crippen molar-refractivity contribution >= 4 is 28.3 Å². The van der Waals surface area contributed by atoms with Crippen molar-refractivity contribution in [3.63, 3.8) is 0 Å². The molecule has 2 heterocycles. The second kappa shape index (κ2) is 6.39. The van der Waals surface area contributed by atoms with Crippen LogP contribution in [-0.2, 0) is 0 Å². The van der Waals surface area contributed by atoms with Crippen molar-refractivity contribution in [1.82, 2.24) is 20.3 Å². The van der Waals surface area contributed by atoms with Gasteiger partial charge in [0.15, 0.2) is 0 Å². The van der Waals surface area contributed by atoms with Crippen molar-refractivity contribution in [2.75, 3.05) is 5.32 Å². The fourth-order valence-electron chi connectivity index (χ4n) is 2.23. The maximum Gasteiger partial charge on any atom is 0.270 e. The lowest BCUT2D eigenvalue weighted by molar-refractivity contribution is 0.0938. The van der Waals surface area contributed by atoms with E-state index in [1.807, 2.05) is 44.2 Å². The summed E-state index contributed by atoms with van der Waals surface area (Å²) in [4.78, 5) is 24.6. The van der Waals surface area contributed by atoms with Crippen LogP contribution in [0.5, 0.6) is 0 Å². The zero-order valence-electron chi connectivity index (χ0n) is 12.9. The molecule has 2 aromatic heterocycles. The van der Waals surface area contributed by atoms with Crippen LogP contribution in [0.15, 0.2) is 48.9 Å². The van der Waals surface area contributed by atoms with E-state index in [1.54, 1.807) is 12.3 Å². The lowest BCUT2D eigenvalue weighted by Gasteiger charge is -2.10. The smallest absolute Gasteiger partial charge is 0.270 e. The Morgan fingerprint density at radius 1 is 1.09 bits per heavy atom. The number of fused-ring (bicyclic) bond motifs is 1. The molecule has 1 aromatic carbocycles. The molecule has 23 heavy (non-hydrogen) atoms. The number of hydrogen-bond acceptors (Lipinski definition) is 5. The zero-order valence-corrected chi connectivity index (χ0v) is 12.9. The SMILES string of the molecule is CC(C)NC(=O)c1cc(Nc2cccc3cccnc23)ncn1. The molecule has 3 rings (SSSR count). The Morgan fingerprint density at radius 3 is 2.74 bits per heavy atom. The van der Waals surface area contributed by atoms with Gasteiger partial charge in [0.25, 0.3) is 5.91 Å². The molecule has 0 spiro atoms. The summed E-state index contributed by atoms with van der Waals surface area (Å²) in [5, 5.41) is 7.04. The summed E-state index contributed by atoms with van der Waals surface area (Å²) in [7, 11) is 0. The first-order valence-corrected chi connectivity index (χ1v) is 7.37. The molecule has 0 aliphatic carbocycles. The predicted octanol–water partition coefficient (Wildman–Crippen LogP) is 2.91. The molecule has 6 nitrogen and oxygen atoms in total. The van der Waals surface area contributed by atoms with Crippen LogP contribution >= 0.6 is 0 Å². The second-order valence-electron chi connectivity index (χ2n) is 5.42. The summed E-state index contributed by atoms with van der Waals surface area (Å²) in [6.45, 7) is 3.81. The van der Waals surface area contributed by atoms with E-state index in [4.69, 9.17) is 0 Å². The number of carbonyl (C=O) groups excluding carboxylic acids is 1. The number of anilines is 2. The van der Waals surface area contributed by atoms with Crippen LogP contribution < -0.4 is 10.6 Å². The van der Waals surface area contributed by atoms with Crippen molar-refractivity contribution in [3.05, 3.63) is 54.6 Å². The van der Waals surface area contributed by atoms with Gasteiger partial charge in [-0.1, -0.05) is 18.2 Å². The third kappa shape index (κ3) is 3.42. The van der Waals surface area contributed by atoms with Gasteiger partial charge in [-0.25, -0.2) is 9.97 Å². The van der Waals surface area contributed by atoms with Gasteiger partial charge in [-0.05, 0) is 26.0 Å². The zero-order chi connectivity index (χ0) is 16.2. The Labute approximate surface area is 134 Å². The second-order valence-corrected chi connectivity index (χ2v) is 5.42. The van der Waals surface area contributed by atoms with Gasteiger partial charge in [-0.2, -0.15) is 0 Å². The Balaban J connectivity index is 1.89. The van der Waals surface area contributed by atoms with E-state index in [0.717, 1.165) is 16.6 Å². The van der Waals surface area contributed by atoms with Gasteiger partial charge in [-0.3, -0.25) is 9.78 Å². The molecular formula is C17H17N5O. The fraction of sp³-hybridized carbons (Fsp3) is 0.176. The first-order chi connectivity index (χ1) is 11.1. The summed E-state index contributed by atoms with van der Waals surface area (Å²) in [5.74, 6) is 0.327. The minimum absolute atomic E-state index is 0.0520. The molecule has 0 fully saturated rings. The number of carbonyl (C=O) groups is 1. The molecule has 2 N–H and O–H groups in total. The van der Waals surface area contributed by atoms with Crippen LogP contribution in [0, 0.1) is 0 Å². The highest BCUT2D eigenvalue weighted by Gasteiger charge is 2.10. The minimum Gasteiger partial charge on any atom is -0.349 e. The first kappa shape index (κ1) is 14.9. The van der Waals surface area contributed by atoms with Gasteiger partial charge >= 0.3 is 0 Å². The molecule has 0 atom stereocenters. The third-order valence-corrected chi connectivity index (χ3v) is 3.21. The van der Waals surface area contributed by atoms with E-state index in [9.17, 15) is 4.79 Å². The number of rotatable bonds is 4. The van der Waals surface area contributed by atoms with Crippen LogP contribution in [0.2, 0.25) is 0 Å². The first-order valence-electron chi connectivity index (χ1n) is 7.37. The van der Waals surface area contributed by atoms with Crippen LogP contribution in [0.1, 0.15) is 24.3 Å². The summed E-state index contributed by atoms with van der Waals surface area (Å²) >= 11 is 0. The van der Waals surface area contributed by atoms with E-state index < -0.39 is 0 Å². The van der Waals surface area contributed by atoms with Crippen molar-refractivity contribution in [2.45, 2.75) is 19.9 Å². The molecule has 1 amide bonds. The van der Waals surface area contributed by atoms with Gasteiger partial charge in [0.05, 0.1) is 11.2 Å². The molecule has 0 saturated carbocycles. The van der Waals surface area contributed by atoms with E-state index >= 15 is 0 Å². The van der Waals surface area contributed by atoms with E-state index in [1.165, 1.54) is 6.33 Å².